The van der Waals surface area contributed by atoms with Gasteiger partial charge in [0.15, 0.2) is 0 Å². The molecule has 0 rings (SSSR count). The van der Waals surface area contributed by atoms with E-state index >= 15 is 0 Å². The van der Waals surface area contributed by atoms with Crippen LogP contribution < -0.4 is 11.1 Å². The number of amides is 1. The van der Waals surface area contributed by atoms with E-state index in [2.05, 4.69) is 26.1 Å². The molecular formula is C12H26N2OS. The molecule has 0 aromatic heterocycles. The second-order valence-electron chi connectivity index (χ2n) is 4.87. The highest BCUT2D eigenvalue weighted by Gasteiger charge is 2.27. The van der Waals surface area contributed by atoms with Gasteiger partial charge in [-0.2, -0.15) is 11.8 Å². The van der Waals surface area contributed by atoms with Gasteiger partial charge in [0, 0.05) is 5.25 Å². The first-order valence-corrected chi connectivity index (χ1v) is 6.98. The molecule has 16 heavy (non-hydrogen) atoms. The zero-order valence-corrected chi connectivity index (χ0v) is 12.0. The molecule has 0 radical (unpaired) electrons. The van der Waals surface area contributed by atoms with Crippen molar-refractivity contribution in [2.75, 3.05) is 12.8 Å². The highest BCUT2D eigenvalue weighted by Crippen LogP contribution is 2.21. The third-order valence-electron chi connectivity index (χ3n) is 3.24. The summed E-state index contributed by atoms with van der Waals surface area (Å²) in [5.74, 6) is 1.53. The van der Waals surface area contributed by atoms with Gasteiger partial charge in [0.2, 0.25) is 5.91 Å². The van der Waals surface area contributed by atoms with Crippen molar-refractivity contribution in [3.8, 4) is 0 Å². The predicted octanol–water partition coefficient (Wildman–Crippen LogP) is 2.01. The summed E-state index contributed by atoms with van der Waals surface area (Å²) in [6.07, 6.45) is 1.82. The van der Waals surface area contributed by atoms with Crippen LogP contribution in [0.25, 0.3) is 0 Å². The van der Waals surface area contributed by atoms with Gasteiger partial charge in [-0.25, -0.2) is 0 Å². The number of nitrogens with two attached hydrogens (primary N) is 1. The summed E-state index contributed by atoms with van der Waals surface area (Å²) in [6.45, 7) is 8.59. The first kappa shape index (κ1) is 15.8. The van der Waals surface area contributed by atoms with Gasteiger partial charge in [0.05, 0.1) is 5.54 Å². The summed E-state index contributed by atoms with van der Waals surface area (Å²) in [7, 11) is 1.79. The summed E-state index contributed by atoms with van der Waals surface area (Å²) < 4.78 is 0. The van der Waals surface area contributed by atoms with Gasteiger partial charge in [-0.3, -0.25) is 4.79 Å². The standard InChI is InChI=1S/C12H26N2OS/c1-9(2)10(3)16-8-6-7-12(4,14-5)11(13)15/h9-10,14H,6-8H2,1-5H3,(H2,13,15). The van der Waals surface area contributed by atoms with Crippen LogP contribution in [0, 0.1) is 5.92 Å². The minimum absolute atomic E-state index is 0.267. The van der Waals surface area contributed by atoms with Crippen molar-refractivity contribution in [2.24, 2.45) is 11.7 Å². The Hall–Kier alpha value is -0.220. The van der Waals surface area contributed by atoms with E-state index in [0.717, 1.165) is 18.6 Å². The van der Waals surface area contributed by atoms with E-state index in [1.165, 1.54) is 0 Å². The van der Waals surface area contributed by atoms with E-state index in [4.69, 9.17) is 5.73 Å². The molecule has 0 spiro atoms. The van der Waals surface area contributed by atoms with Crippen LogP contribution in [0.3, 0.4) is 0 Å². The Morgan fingerprint density at radius 2 is 2.00 bits per heavy atom. The molecule has 0 fully saturated rings. The number of carbonyl (C=O) groups is 1. The van der Waals surface area contributed by atoms with Crippen molar-refractivity contribution >= 4 is 17.7 Å². The monoisotopic (exact) mass is 246 g/mol. The van der Waals surface area contributed by atoms with Crippen LogP contribution in [0.15, 0.2) is 0 Å². The first-order chi connectivity index (χ1) is 7.33. The van der Waals surface area contributed by atoms with Gasteiger partial charge in [-0.1, -0.05) is 20.8 Å². The van der Waals surface area contributed by atoms with E-state index in [1.807, 2.05) is 18.7 Å². The van der Waals surface area contributed by atoms with E-state index < -0.39 is 5.54 Å². The Morgan fingerprint density at radius 1 is 1.44 bits per heavy atom. The van der Waals surface area contributed by atoms with Crippen molar-refractivity contribution in [2.45, 2.75) is 51.3 Å². The molecule has 0 aliphatic rings. The van der Waals surface area contributed by atoms with Gasteiger partial charge in [-0.05, 0) is 38.5 Å². The molecule has 0 aliphatic carbocycles. The summed E-state index contributed by atoms with van der Waals surface area (Å²) in [4.78, 5) is 11.2. The number of nitrogens with one attached hydrogen (secondary N) is 1. The Morgan fingerprint density at radius 3 is 2.38 bits per heavy atom. The first-order valence-electron chi connectivity index (χ1n) is 5.94. The third-order valence-corrected chi connectivity index (χ3v) is 4.83. The minimum Gasteiger partial charge on any atom is -0.368 e. The second kappa shape index (κ2) is 7.17. The maximum absolute atomic E-state index is 11.2. The second-order valence-corrected chi connectivity index (χ2v) is 6.35. The van der Waals surface area contributed by atoms with Crippen LogP contribution in [0.4, 0.5) is 0 Å². The van der Waals surface area contributed by atoms with E-state index in [1.54, 1.807) is 7.05 Å². The van der Waals surface area contributed by atoms with E-state index in [0.29, 0.717) is 11.2 Å². The molecule has 0 saturated heterocycles. The maximum atomic E-state index is 11.2. The van der Waals surface area contributed by atoms with Gasteiger partial charge >= 0.3 is 0 Å². The zero-order chi connectivity index (χ0) is 12.8. The Labute approximate surface area is 104 Å². The van der Waals surface area contributed by atoms with Gasteiger partial charge in [0.25, 0.3) is 0 Å². The highest BCUT2D eigenvalue weighted by molar-refractivity contribution is 7.99. The number of hydrogen-bond acceptors (Lipinski definition) is 3. The number of rotatable bonds is 8. The van der Waals surface area contributed by atoms with Crippen LogP contribution in [-0.4, -0.2) is 29.5 Å². The molecule has 0 aliphatic heterocycles. The fourth-order valence-electron chi connectivity index (χ4n) is 1.26. The molecule has 0 bridgehead atoms. The third kappa shape index (κ3) is 5.21. The van der Waals surface area contributed by atoms with Crippen molar-refractivity contribution in [1.82, 2.24) is 5.32 Å². The van der Waals surface area contributed by atoms with Crippen LogP contribution >= 0.6 is 11.8 Å². The average Bonchev–Trinajstić information content (AvgIpc) is 2.23. The SMILES string of the molecule is CNC(C)(CCCSC(C)C(C)C)C(N)=O. The Balaban J connectivity index is 3.85. The molecular weight excluding hydrogens is 220 g/mol. The lowest BCUT2D eigenvalue weighted by Crippen LogP contribution is -2.51. The number of primary amides is 1. The molecule has 4 heteroatoms. The van der Waals surface area contributed by atoms with Crippen molar-refractivity contribution in [3.05, 3.63) is 0 Å². The molecule has 0 aromatic carbocycles. The van der Waals surface area contributed by atoms with Gasteiger partial charge < -0.3 is 11.1 Å². The lowest BCUT2D eigenvalue weighted by atomic mass is 9.96. The Bertz CT molecular complexity index is 221. The van der Waals surface area contributed by atoms with Gasteiger partial charge in [0.1, 0.15) is 0 Å². The summed E-state index contributed by atoms with van der Waals surface area (Å²) in [5.41, 5.74) is 4.81. The molecule has 2 unspecified atom stereocenters. The molecule has 0 saturated carbocycles. The lowest BCUT2D eigenvalue weighted by molar-refractivity contribution is -0.123. The number of carbonyl (C=O) groups excluding carboxylic acids is 1. The molecule has 0 aromatic rings. The van der Waals surface area contributed by atoms with Crippen LogP contribution in [0.2, 0.25) is 0 Å². The zero-order valence-electron chi connectivity index (χ0n) is 11.2. The molecule has 3 N–H and O–H groups in total. The fraction of sp³-hybridized carbons (Fsp3) is 0.917. The Kier molecular flexibility index (Phi) is 7.07. The lowest BCUT2D eigenvalue weighted by Gasteiger charge is -2.25. The molecule has 3 nitrogen and oxygen atoms in total. The topological polar surface area (TPSA) is 55.1 Å². The van der Waals surface area contributed by atoms with Crippen molar-refractivity contribution in [1.29, 1.82) is 0 Å². The molecule has 1 amide bonds. The van der Waals surface area contributed by atoms with E-state index in [9.17, 15) is 4.79 Å². The average molecular weight is 246 g/mol. The summed E-state index contributed by atoms with van der Waals surface area (Å²) >= 11 is 1.97. The molecule has 0 heterocycles. The highest BCUT2D eigenvalue weighted by atomic mass is 32.2. The maximum Gasteiger partial charge on any atom is 0.237 e. The van der Waals surface area contributed by atoms with Gasteiger partial charge in [-0.15, -0.1) is 0 Å². The number of hydrogen-bond donors (Lipinski definition) is 2. The number of likely N-dealkylation sites (N-methyl/N-ethyl adjacent to an activating group) is 1. The van der Waals surface area contributed by atoms with Crippen molar-refractivity contribution in [3.63, 3.8) is 0 Å². The minimum atomic E-state index is -0.554. The van der Waals surface area contributed by atoms with Crippen LogP contribution in [-0.2, 0) is 4.79 Å². The van der Waals surface area contributed by atoms with Crippen LogP contribution in [0.1, 0.15) is 40.5 Å². The van der Waals surface area contributed by atoms with Crippen molar-refractivity contribution < 1.29 is 4.79 Å². The number of thioether (sulfide) groups is 1. The summed E-state index contributed by atoms with van der Waals surface area (Å²) in [5, 5.41) is 3.68. The van der Waals surface area contributed by atoms with E-state index in [-0.39, 0.29) is 5.91 Å². The summed E-state index contributed by atoms with van der Waals surface area (Å²) in [6, 6.07) is 0. The predicted molar refractivity (Wildman–Crippen MR) is 72.7 cm³/mol. The van der Waals surface area contributed by atoms with Crippen LogP contribution in [0.5, 0.6) is 0 Å². The quantitative estimate of drug-likeness (QED) is 0.644. The fourth-order valence-corrected chi connectivity index (χ4v) is 2.33. The normalized spacial score (nSPS) is 17.1. The molecule has 96 valence electrons. The smallest absolute Gasteiger partial charge is 0.237 e. The molecule has 2 atom stereocenters. The largest absolute Gasteiger partial charge is 0.368 e.